The zero-order valence-electron chi connectivity index (χ0n) is 13.3. The number of alkyl halides is 2. The van der Waals surface area contributed by atoms with E-state index in [4.69, 9.17) is 0 Å². The smallest absolute Gasteiger partial charge is 0.387 e. The summed E-state index contributed by atoms with van der Waals surface area (Å²) in [6.07, 6.45) is 0. The van der Waals surface area contributed by atoms with Gasteiger partial charge in [-0.2, -0.15) is 8.78 Å². The lowest BCUT2D eigenvalue weighted by molar-refractivity contribution is -0.0498. The quantitative estimate of drug-likeness (QED) is 0.876. The van der Waals surface area contributed by atoms with Gasteiger partial charge in [-0.25, -0.2) is 0 Å². The van der Waals surface area contributed by atoms with E-state index in [9.17, 15) is 13.6 Å². The number of halogens is 2. The highest BCUT2D eigenvalue weighted by Gasteiger charge is 2.14. The molecule has 1 amide bonds. The third-order valence-corrected chi connectivity index (χ3v) is 3.35. The SMILES string of the molecule is CC(C)(C)c1ccc(C(=O)Nc2ccc(OC(F)F)cc2)cc1. The first-order chi connectivity index (χ1) is 10.8. The molecule has 0 radical (unpaired) electrons. The second-order valence-electron chi connectivity index (χ2n) is 6.18. The number of anilines is 1. The van der Waals surface area contributed by atoms with E-state index < -0.39 is 6.61 Å². The van der Waals surface area contributed by atoms with Gasteiger partial charge in [0.25, 0.3) is 5.91 Å². The molecule has 0 aliphatic heterocycles. The molecular formula is C18H19F2NO2. The van der Waals surface area contributed by atoms with Crippen LogP contribution in [0, 0.1) is 0 Å². The topological polar surface area (TPSA) is 38.3 Å². The van der Waals surface area contributed by atoms with Crippen LogP contribution in [0.25, 0.3) is 0 Å². The van der Waals surface area contributed by atoms with Crippen LogP contribution < -0.4 is 10.1 Å². The number of amides is 1. The fourth-order valence-corrected chi connectivity index (χ4v) is 2.04. The molecular weight excluding hydrogens is 300 g/mol. The number of hydrogen-bond donors (Lipinski definition) is 1. The predicted molar refractivity (Wildman–Crippen MR) is 86.2 cm³/mol. The monoisotopic (exact) mass is 319 g/mol. The first kappa shape index (κ1) is 16.9. The zero-order valence-corrected chi connectivity index (χ0v) is 13.3. The highest BCUT2D eigenvalue weighted by Crippen LogP contribution is 2.23. The van der Waals surface area contributed by atoms with Crippen molar-refractivity contribution in [2.45, 2.75) is 32.8 Å². The lowest BCUT2D eigenvalue weighted by Crippen LogP contribution is -2.14. The van der Waals surface area contributed by atoms with Gasteiger partial charge in [-0.15, -0.1) is 0 Å². The van der Waals surface area contributed by atoms with Crippen molar-refractivity contribution in [1.82, 2.24) is 0 Å². The Labute approximate surface area is 134 Å². The molecule has 0 aliphatic carbocycles. The standard InChI is InChI=1S/C18H19F2NO2/c1-18(2,3)13-6-4-12(5-7-13)16(22)21-14-8-10-15(11-9-14)23-17(19)20/h4-11,17H,1-3H3,(H,21,22). The number of hydrogen-bond acceptors (Lipinski definition) is 2. The van der Waals surface area contributed by atoms with E-state index in [0.29, 0.717) is 11.3 Å². The normalized spacial score (nSPS) is 11.4. The molecule has 0 unspecified atom stereocenters. The molecule has 0 bridgehead atoms. The van der Waals surface area contributed by atoms with Crippen LogP contribution in [0.3, 0.4) is 0 Å². The number of ether oxygens (including phenoxy) is 1. The summed E-state index contributed by atoms with van der Waals surface area (Å²) >= 11 is 0. The maximum absolute atomic E-state index is 12.2. The predicted octanol–water partition coefficient (Wildman–Crippen LogP) is 4.84. The van der Waals surface area contributed by atoms with Crippen LogP contribution in [0.1, 0.15) is 36.7 Å². The summed E-state index contributed by atoms with van der Waals surface area (Å²) in [7, 11) is 0. The number of benzene rings is 2. The van der Waals surface area contributed by atoms with Gasteiger partial charge in [-0.1, -0.05) is 32.9 Å². The highest BCUT2D eigenvalue weighted by atomic mass is 19.3. The third-order valence-electron chi connectivity index (χ3n) is 3.35. The van der Waals surface area contributed by atoms with Crippen LogP contribution in [-0.4, -0.2) is 12.5 Å². The van der Waals surface area contributed by atoms with Crippen molar-refractivity contribution in [3.05, 3.63) is 59.7 Å². The molecule has 0 heterocycles. The molecule has 122 valence electrons. The number of rotatable bonds is 4. The molecule has 2 aromatic rings. The summed E-state index contributed by atoms with van der Waals surface area (Å²) in [5.41, 5.74) is 2.21. The van der Waals surface area contributed by atoms with Gasteiger partial charge >= 0.3 is 6.61 Å². The second kappa shape index (κ2) is 6.77. The number of carbonyl (C=O) groups excluding carboxylic acids is 1. The summed E-state index contributed by atoms with van der Waals surface area (Å²) in [6.45, 7) is 3.44. The van der Waals surface area contributed by atoms with Gasteiger partial charge in [0, 0.05) is 11.3 Å². The average molecular weight is 319 g/mol. The van der Waals surface area contributed by atoms with E-state index in [0.717, 1.165) is 5.56 Å². The Morgan fingerprint density at radius 1 is 1.00 bits per heavy atom. The van der Waals surface area contributed by atoms with Crippen molar-refractivity contribution in [3.63, 3.8) is 0 Å². The van der Waals surface area contributed by atoms with E-state index in [1.54, 1.807) is 12.1 Å². The van der Waals surface area contributed by atoms with E-state index in [-0.39, 0.29) is 17.1 Å². The minimum absolute atomic E-state index is 0.0234. The van der Waals surface area contributed by atoms with E-state index in [1.165, 1.54) is 24.3 Å². The van der Waals surface area contributed by atoms with Crippen molar-refractivity contribution >= 4 is 11.6 Å². The van der Waals surface area contributed by atoms with Crippen molar-refractivity contribution in [2.75, 3.05) is 5.32 Å². The Kier molecular flexibility index (Phi) is 4.98. The van der Waals surface area contributed by atoms with Crippen molar-refractivity contribution in [1.29, 1.82) is 0 Å². The first-order valence-corrected chi connectivity index (χ1v) is 7.22. The van der Waals surface area contributed by atoms with E-state index in [1.807, 2.05) is 12.1 Å². The van der Waals surface area contributed by atoms with Crippen molar-refractivity contribution < 1.29 is 18.3 Å². The van der Waals surface area contributed by atoms with Gasteiger partial charge in [0.15, 0.2) is 0 Å². The largest absolute Gasteiger partial charge is 0.435 e. The average Bonchev–Trinajstić information content (AvgIpc) is 2.48. The van der Waals surface area contributed by atoms with E-state index in [2.05, 4.69) is 30.8 Å². The number of carbonyl (C=O) groups is 1. The molecule has 0 saturated heterocycles. The van der Waals surface area contributed by atoms with Crippen molar-refractivity contribution in [3.8, 4) is 5.75 Å². The molecule has 5 heteroatoms. The van der Waals surface area contributed by atoms with Gasteiger partial charge in [-0.3, -0.25) is 4.79 Å². The Balaban J connectivity index is 2.04. The van der Waals surface area contributed by atoms with Crippen LogP contribution in [0.4, 0.5) is 14.5 Å². The van der Waals surface area contributed by atoms with Gasteiger partial charge < -0.3 is 10.1 Å². The van der Waals surface area contributed by atoms with Crippen molar-refractivity contribution in [2.24, 2.45) is 0 Å². The summed E-state index contributed by atoms with van der Waals surface area (Å²) in [4.78, 5) is 12.2. The van der Waals surface area contributed by atoms with Gasteiger partial charge in [0.05, 0.1) is 0 Å². The summed E-state index contributed by atoms with van der Waals surface area (Å²) in [5, 5.41) is 2.71. The number of nitrogens with one attached hydrogen (secondary N) is 1. The maximum atomic E-state index is 12.2. The van der Waals surface area contributed by atoms with Crippen LogP contribution in [0.2, 0.25) is 0 Å². The van der Waals surface area contributed by atoms with Crippen LogP contribution >= 0.6 is 0 Å². The molecule has 1 N–H and O–H groups in total. The fraction of sp³-hybridized carbons (Fsp3) is 0.278. The van der Waals surface area contributed by atoms with Gasteiger partial charge in [0.2, 0.25) is 0 Å². The van der Waals surface area contributed by atoms with E-state index >= 15 is 0 Å². The van der Waals surface area contributed by atoms with Crippen LogP contribution in [-0.2, 0) is 5.41 Å². The minimum atomic E-state index is -2.86. The zero-order chi connectivity index (χ0) is 17.0. The Morgan fingerprint density at radius 2 is 1.57 bits per heavy atom. The molecule has 0 spiro atoms. The molecule has 0 aromatic heterocycles. The molecule has 3 nitrogen and oxygen atoms in total. The van der Waals surface area contributed by atoms with Crippen LogP contribution in [0.5, 0.6) is 5.75 Å². The maximum Gasteiger partial charge on any atom is 0.387 e. The Hall–Kier alpha value is -2.43. The molecule has 2 rings (SSSR count). The lowest BCUT2D eigenvalue weighted by atomic mass is 9.87. The summed E-state index contributed by atoms with van der Waals surface area (Å²) in [5.74, 6) is -0.208. The third kappa shape index (κ3) is 4.77. The van der Waals surface area contributed by atoms with Gasteiger partial charge in [-0.05, 0) is 47.4 Å². The summed E-state index contributed by atoms with van der Waals surface area (Å²) in [6, 6.07) is 13.2. The van der Waals surface area contributed by atoms with Gasteiger partial charge in [0.1, 0.15) is 5.75 Å². The molecule has 0 atom stereocenters. The second-order valence-corrected chi connectivity index (χ2v) is 6.18. The Bertz CT molecular complexity index is 659. The molecule has 0 saturated carbocycles. The molecule has 2 aromatic carbocycles. The summed E-state index contributed by atoms with van der Waals surface area (Å²) < 4.78 is 28.4. The molecule has 0 fully saturated rings. The Morgan fingerprint density at radius 3 is 2.04 bits per heavy atom. The lowest BCUT2D eigenvalue weighted by Gasteiger charge is -2.19. The molecule has 23 heavy (non-hydrogen) atoms. The minimum Gasteiger partial charge on any atom is -0.435 e. The highest BCUT2D eigenvalue weighted by molar-refractivity contribution is 6.04. The fourth-order valence-electron chi connectivity index (χ4n) is 2.04. The van der Waals surface area contributed by atoms with Crippen LogP contribution in [0.15, 0.2) is 48.5 Å². The first-order valence-electron chi connectivity index (χ1n) is 7.22. The molecule has 0 aliphatic rings.